The summed E-state index contributed by atoms with van der Waals surface area (Å²) in [6, 6.07) is 12.0. The van der Waals surface area contributed by atoms with E-state index in [4.69, 9.17) is 0 Å². The van der Waals surface area contributed by atoms with E-state index in [1.807, 2.05) is 35.3 Å². The SMILES string of the molecule is CC(C)n1cc(-c2cc(O)cc3ccccc23)cn1. The molecule has 0 aliphatic rings. The van der Waals surface area contributed by atoms with E-state index in [-0.39, 0.29) is 5.75 Å². The minimum Gasteiger partial charge on any atom is -0.508 e. The molecule has 0 unspecified atom stereocenters. The van der Waals surface area contributed by atoms with Crippen molar-refractivity contribution in [2.75, 3.05) is 0 Å². The predicted molar refractivity (Wildman–Crippen MR) is 77.2 cm³/mol. The average Bonchev–Trinajstić information content (AvgIpc) is 2.87. The number of hydrogen-bond acceptors (Lipinski definition) is 2. The molecule has 0 fully saturated rings. The summed E-state index contributed by atoms with van der Waals surface area (Å²) >= 11 is 0. The van der Waals surface area contributed by atoms with Gasteiger partial charge in [-0.15, -0.1) is 0 Å². The van der Waals surface area contributed by atoms with E-state index in [0.717, 1.165) is 21.9 Å². The predicted octanol–water partition coefficient (Wildman–Crippen LogP) is 3.99. The zero-order valence-electron chi connectivity index (χ0n) is 11.0. The van der Waals surface area contributed by atoms with Crippen LogP contribution in [0, 0.1) is 0 Å². The molecule has 2 aromatic carbocycles. The van der Waals surface area contributed by atoms with Crippen molar-refractivity contribution in [1.29, 1.82) is 0 Å². The van der Waals surface area contributed by atoms with Gasteiger partial charge in [-0.1, -0.05) is 24.3 Å². The summed E-state index contributed by atoms with van der Waals surface area (Å²) in [4.78, 5) is 0. The van der Waals surface area contributed by atoms with Gasteiger partial charge in [0.05, 0.1) is 6.20 Å². The fourth-order valence-electron chi connectivity index (χ4n) is 2.29. The van der Waals surface area contributed by atoms with Crippen LogP contribution in [0.1, 0.15) is 19.9 Å². The van der Waals surface area contributed by atoms with Crippen LogP contribution in [-0.4, -0.2) is 14.9 Å². The molecule has 1 N–H and O–H groups in total. The maximum atomic E-state index is 9.86. The lowest BCUT2D eigenvalue weighted by Crippen LogP contribution is -1.99. The Morgan fingerprint density at radius 1 is 1.16 bits per heavy atom. The maximum absolute atomic E-state index is 9.86. The molecule has 1 aromatic heterocycles. The van der Waals surface area contributed by atoms with Gasteiger partial charge in [-0.2, -0.15) is 5.10 Å². The average molecular weight is 252 g/mol. The highest BCUT2D eigenvalue weighted by atomic mass is 16.3. The molecule has 0 atom stereocenters. The van der Waals surface area contributed by atoms with Crippen LogP contribution < -0.4 is 0 Å². The lowest BCUT2D eigenvalue weighted by atomic mass is 10.00. The molecule has 3 aromatic rings. The van der Waals surface area contributed by atoms with Crippen molar-refractivity contribution in [1.82, 2.24) is 9.78 Å². The third kappa shape index (κ3) is 2.08. The van der Waals surface area contributed by atoms with E-state index in [1.54, 1.807) is 12.1 Å². The lowest BCUT2D eigenvalue weighted by Gasteiger charge is -2.06. The normalized spacial score (nSPS) is 11.3. The molecule has 96 valence electrons. The van der Waals surface area contributed by atoms with Crippen LogP contribution >= 0.6 is 0 Å². The summed E-state index contributed by atoms with van der Waals surface area (Å²) in [5.41, 5.74) is 2.04. The zero-order chi connectivity index (χ0) is 13.4. The van der Waals surface area contributed by atoms with E-state index in [1.165, 1.54) is 0 Å². The highest BCUT2D eigenvalue weighted by Crippen LogP contribution is 2.32. The van der Waals surface area contributed by atoms with Gasteiger partial charge >= 0.3 is 0 Å². The Morgan fingerprint density at radius 3 is 2.68 bits per heavy atom. The van der Waals surface area contributed by atoms with Crippen molar-refractivity contribution in [2.45, 2.75) is 19.9 Å². The molecule has 3 heteroatoms. The first-order valence-corrected chi connectivity index (χ1v) is 6.41. The Bertz CT molecular complexity index is 728. The van der Waals surface area contributed by atoms with Gasteiger partial charge in [0.2, 0.25) is 0 Å². The van der Waals surface area contributed by atoms with Crippen LogP contribution in [0.3, 0.4) is 0 Å². The Labute approximate surface area is 112 Å². The fourth-order valence-corrected chi connectivity index (χ4v) is 2.29. The molecule has 19 heavy (non-hydrogen) atoms. The maximum Gasteiger partial charge on any atom is 0.116 e. The number of aromatic nitrogens is 2. The first-order valence-electron chi connectivity index (χ1n) is 6.41. The van der Waals surface area contributed by atoms with E-state index in [9.17, 15) is 5.11 Å². The molecule has 0 bridgehead atoms. The van der Waals surface area contributed by atoms with E-state index >= 15 is 0 Å². The van der Waals surface area contributed by atoms with Gasteiger partial charge in [0.1, 0.15) is 5.75 Å². The van der Waals surface area contributed by atoms with Crippen molar-refractivity contribution in [3.05, 3.63) is 48.8 Å². The standard InChI is InChI=1S/C16H16N2O/c1-11(2)18-10-13(9-17-18)16-8-14(19)7-12-5-3-4-6-15(12)16/h3-11,19H,1-2H3. The van der Waals surface area contributed by atoms with Gasteiger partial charge < -0.3 is 5.11 Å². The van der Waals surface area contributed by atoms with Gasteiger partial charge in [-0.25, -0.2) is 0 Å². The van der Waals surface area contributed by atoms with Gasteiger partial charge in [0.15, 0.2) is 0 Å². The molecular formula is C16H16N2O. The number of phenols is 1. The Balaban J connectivity index is 2.23. The van der Waals surface area contributed by atoms with E-state index in [0.29, 0.717) is 6.04 Å². The van der Waals surface area contributed by atoms with Gasteiger partial charge in [0.25, 0.3) is 0 Å². The van der Waals surface area contributed by atoms with Crippen LogP contribution in [0.15, 0.2) is 48.8 Å². The highest BCUT2D eigenvalue weighted by Gasteiger charge is 2.09. The number of fused-ring (bicyclic) bond motifs is 1. The van der Waals surface area contributed by atoms with Crippen LogP contribution in [-0.2, 0) is 0 Å². The second kappa shape index (κ2) is 4.43. The number of hydrogen-bond donors (Lipinski definition) is 1. The molecule has 0 spiro atoms. The highest BCUT2D eigenvalue weighted by molar-refractivity contribution is 5.97. The molecule has 0 saturated carbocycles. The third-order valence-corrected chi connectivity index (χ3v) is 3.29. The minimum atomic E-state index is 0.283. The number of aromatic hydroxyl groups is 1. The first kappa shape index (κ1) is 11.8. The molecule has 3 nitrogen and oxygen atoms in total. The second-order valence-electron chi connectivity index (χ2n) is 5.02. The second-order valence-corrected chi connectivity index (χ2v) is 5.02. The lowest BCUT2D eigenvalue weighted by molar-refractivity contribution is 0.476. The number of benzene rings is 2. The van der Waals surface area contributed by atoms with Crippen molar-refractivity contribution in [3.63, 3.8) is 0 Å². The van der Waals surface area contributed by atoms with E-state index < -0.39 is 0 Å². The Morgan fingerprint density at radius 2 is 1.95 bits per heavy atom. The number of phenolic OH excluding ortho intramolecular Hbond substituents is 1. The van der Waals surface area contributed by atoms with Crippen molar-refractivity contribution in [3.8, 4) is 16.9 Å². The quantitative estimate of drug-likeness (QED) is 0.748. The topological polar surface area (TPSA) is 38.0 Å². The largest absolute Gasteiger partial charge is 0.508 e. The number of nitrogens with zero attached hydrogens (tertiary/aromatic N) is 2. The van der Waals surface area contributed by atoms with Gasteiger partial charge in [-0.05, 0) is 42.3 Å². The minimum absolute atomic E-state index is 0.283. The van der Waals surface area contributed by atoms with Crippen LogP contribution in [0.5, 0.6) is 5.75 Å². The molecular weight excluding hydrogens is 236 g/mol. The molecule has 0 radical (unpaired) electrons. The van der Waals surface area contributed by atoms with Crippen LogP contribution in [0.2, 0.25) is 0 Å². The van der Waals surface area contributed by atoms with Crippen molar-refractivity contribution in [2.24, 2.45) is 0 Å². The van der Waals surface area contributed by atoms with Crippen LogP contribution in [0.25, 0.3) is 21.9 Å². The summed E-state index contributed by atoms with van der Waals surface area (Å²) in [6.45, 7) is 4.19. The molecule has 0 aliphatic carbocycles. The summed E-state index contributed by atoms with van der Waals surface area (Å²) < 4.78 is 1.92. The summed E-state index contributed by atoms with van der Waals surface area (Å²) in [5.74, 6) is 0.283. The summed E-state index contributed by atoms with van der Waals surface area (Å²) in [6.07, 6.45) is 3.87. The van der Waals surface area contributed by atoms with E-state index in [2.05, 4.69) is 25.0 Å². The van der Waals surface area contributed by atoms with Gasteiger partial charge in [0, 0.05) is 17.8 Å². The summed E-state index contributed by atoms with van der Waals surface area (Å²) in [5, 5.41) is 16.4. The molecule has 0 amide bonds. The first-order chi connectivity index (χ1) is 9.15. The van der Waals surface area contributed by atoms with Crippen molar-refractivity contribution >= 4 is 10.8 Å². The summed E-state index contributed by atoms with van der Waals surface area (Å²) in [7, 11) is 0. The fraction of sp³-hybridized carbons (Fsp3) is 0.188. The Kier molecular flexibility index (Phi) is 2.75. The molecule has 0 saturated heterocycles. The molecule has 3 rings (SSSR count). The molecule has 0 aliphatic heterocycles. The smallest absolute Gasteiger partial charge is 0.116 e. The third-order valence-electron chi connectivity index (χ3n) is 3.29. The zero-order valence-corrected chi connectivity index (χ0v) is 11.0. The monoisotopic (exact) mass is 252 g/mol. The van der Waals surface area contributed by atoms with Crippen LogP contribution in [0.4, 0.5) is 0 Å². The van der Waals surface area contributed by atoms with Crippen molar-refractivity contribution < 1.29 is 5.11 Å². The molecule has 1 heterocycles. The number of rotatable bonds is 2. The Hall–Kier alpha value is -2.29. The van der Waals surface area contributed by atoms with Gasteiger partial charge in [-0.3, -0.25) is 4.68 Å².